The number of pyridine rings is 1. The van der Waals surface area contributed by atoms with Gasteiger partial charge in [-0.05, 0) is 30.5 Å². The average Bonchev–Trinajstić information content (AvgIpc) is 3.24. The van der Waals surface area contributed by atoms with E-state index in [-0.39, 0.29) is 0 Å². The molecular weight excluding hydrogens is 308 g/mol. The molecule has 4 aromatic rings. The summed E-state index contributed by atoms with van der Waals surface area (Å²) in [6, 6.07) is 13.9. The standard InChI is InChI=1S/C18H14N2O2S/c1-12-7-8-13-4-2-5-15(17(13)19-12)21-10-14-11-22-18(20-14)16-6-3-9-23-16/h2-9,11H,10H2,1H3. The van der Waals surface area contributed by atoms with E-state index in [2.05, 4.69) is 16.0 Å². The third kappa shape index (κ3) is 2.83. The van der Waals surface area contributed by atoms with E-state index >= 15 is 0 Å². The number of fused-ring (bicyclic) bond motifs is 1. The first-order chi connectivity index (χ1) is 11.3. The van der Waals surface area contributed by atoms with Crippen LogP contribution in [0.2, 0.25) is 0 Å². The Hall–Kier alpha value is -2.66. The van der Waals surface area contributed by atoms with Crippen molar-refractivity contribution in [2.45, 2.75) is 13.5 Å². The van der Waals surface area contributed by atoms with Gasteiger partial charge in [-0.1, -0.05) is 24.3 Å². The summed E-state index contributed by atoms with van der Waals surface area (Å²) in [5.41, 5.74) is 2.60. The van der Waals surface area contributed by atoms with Gasteiger partial charge >= 0.3 is 0 Å². The molecule has 0 spiro atoms. The average molecular weight is 322 g/mol. The normalized spacial score (nSPS) is 11.0. The van der Waals surface area contributed by atoms with Gasteiger partial charge in [0.15, 0.2) is 0 Å². The molecule has 0 bridgehead atoms. The molecule has 0 fully saturated rings. The number of oxazole rings is 1. The van der Waals surface area contributed by atoms with Crippen LogP contribution in [0, 0.1) is 6.92 Å². The van der Waals surface area contributed by atoms with Crippen molar-refractivity contribution in [3.8, 4) is 16.5 Å². The SMILES string of the molecule is Cc1ccc2cccc(OCc3coc(-c4cccs4)n3)c2n1. The predicted molar refractivity (Wildman–Crippen MR) is 90.6 cm³/mol. The Morgan fingerprint density at radius 2 is 2.04 bits per heavy atom. The van der Waals surface area contributed by atoms with Crippen molar-refractivity contribution in [1.82, 2.24) is 9.97 Å². The Labute approximate surface area is 137 Å². The van der Waals surface area contributed by atoms with Gasteiger partial charge in [-0.15, -0.1) is 11.3 Å². The molecule has 23 heavy (non-hydrogen) atoms. The number of aryl methyl sites for hydroxylation is 1. The van der Waals surface area contributed by atoms with Gasteiger partial charge in [0.25, 0.3) is 0 Å². The fourth-order valence-corrected chi connectivity index (χ4v) is 3.03. The number of para-hydroxylation sites is 1. The zero-order valence-corrected chi connectivity index (χ0v) is 13.3. The van der Waals surface area contributed by atoms with E-state index in [0.29, 0.717) is 12.5 Å². The van der Waals surface area contributed by atoms with Gasteiger partial charge in [0.1, 0.15) is 29.8 Å². The van der Waals surface area contributed by atoms with Gasteiger partial charge in [-0.25, -0.2) is 9.97 Å². The van der Waals surface area contributed by atoms with Crippen molar-refractivity contribution in [3.05, 3.63) is 65.5 Å². The van der Waals surface area contributed by atoms with E-state index in [9.17, 15) is 0 Å². The lowest BCUT2D eigenvalue weighted by molar-refractivity contribution is 0.304. The quantitative estimate of drug-likeness (QED) is 0.539. The number of benzene rings is 1. The second-order valence-electron chi connectivity index (χ2n) is 5.19. The molecule has 4 nitrogen and oxygen atoms in total. The highest BCUT2D eigenvalue weighted by atomic mass is 32.1. The molecule has 0 radical (unpaired) electrons. The lowest BCUT2D eigenvalue weighted by Gasteiger charge is -2.07. The molecular formula is C18H14N2O2S. The number of aromatic nitrogens is 2. The van der Waals surface area contributed by atoms with E-state index in [1.54, 1.807) is 17.6 Å². The summed E-state index contributed by atoms with van der Waals surface area (Å²) in [6.07, 6.45) is 1.64. The van der Waals surface area contributed by atoms with Crippen LogP contribution in [0.3, 0.4) is 0 Å². The maximum atomic E-state index is 5.91. The van der Waals surface area contributed by atoms with Crippen LogP contribution in [0.4, 0.5) is 0 Å². The van der Waals surface area contributed by atoms with E-state index in [1.165, 1.54) is 0 Å². The molecule has 3 aromatic heterocycles. The highest BCUT2D eigenvalue weighted by molar-refractivity contribution is 7.13. The third-order valence-electron chi connectivity index (χ3n) is 3.48. The fraction of sp³-hybridized carbons (Fsp3) is 0.111. The molecule has 0 saturated carbocycles. The first-order valence-corrected chi connectivity index (χ1v) is 8.15. The summed E-state index contributed by atoms with van der Waals surface area (Å²) in [4.78, 5) is 10.0. The molecule has 0 atom stereocenters. The summed E-state index contributed by atoms with van der Waals surface area (Å²) in [5, 5.41) is 3.06. The van der Waals surface area contributed by atoms with Crippen LogP contribution in [-0.4, -0.2) is 9.97 Å². The summed E-state index contributed by atoms with van der Waals surface area (Å²) in [5.74, 6) is 1.39. The molecule has 0 unspecified atom stereocenters. The third-order valence-corrected chi connectivity index (χ3v) is 4.34. The Balaban J connectivity index is 1.56. The lowest BCUT2D eigenvalue weighted by Crippen LogP contribution is -1.97. The molecule has 4 rings (SSSR count). The number of hydrogen-bond donors (Lipinski definition) is 0. The van der Waals surface area contributed by atoms with Crippen LogP contribution in [0.15, 0.2) is 58.5 Å². The van der Waals surface area contributed by atoms with Crippen molar-refractivity contribution in [1.29, 1.82) is 0 Å². The minimum absolute atomic E-state index is 0.351. The first kappa shape index (κ1) is 14.0. The van der Waals surface area contributed by atoms with E-state index in [0.717, 1.165) is 32.9 Å². The number of ether oxygens (including phenoxy) is 1. The molecule has 5 heteroatoms. The van der Waals surface area contributed by atoms with Crippen LogP contribution in [0.25, 0.3) is 21.7 Å². The zero-order valence-electron chi connectivity index (χ0n) is 12.5. The number of rotatable bonds is 4. The van der Waals surface area contributed by atoms with Crippen molar-refractivity contribution in [3.63, 3.8) is 0 Å². The molecule has 0 N–H and O–H groups in total. The van der Waals surface area contributed by atoms with Crippen LogP contribution in [0.5, 0.6) is 5.75 Å². The highest BCUT2D eigenvalue weighted by Gasteiger charge is 2.09. The zero-order chi connectivity index (χ0) is 15.6. The van der Waals surface area contributed by atoms with Crippen LogP contribution in [-0.2, 0) is 6.61 Å². The van der Waals surface area contributed by atoms with Gasteiger partial charge in [-0.3, -0.25) is 0 Å². The number of hydrogen-bond acceptors (Lipinski definition) is 5. The largest absolute Gasteiger partial charge is 0.485 e. The maximum Gasteiger partial charge on any atom is 0.236 e. The topological polar surface area (TPSA) is 48.2 Å². The summed E-state index contributed by atoms with van der Waals surface area (Å²) < 4.78 is 11.4. The summed E-state index contributed by atoms with van der Waals surface area (Å²) in [6.45, 7) is 2.32. The minimum Gasteiger partial charge on any atom is -0.485 e. The molecule has 114 valence electrons. The van der Waals surface area contributed by atoms with Crippen LogP contribution < -0.4 is 4.74 Å². The predicted octanol–water partition coefficient (Wildman–Crippen LogP) is 4.84. The number of nitrogens with zero attached hydrogens (tertiary/aromatic N) is 2. The van der Waals surface area contributed by atoms with Gasteiger partial charge in [0.2, 0.25) is 5.89 Å². The molecule has 0 saturated heterocycles. The van der Waals surface area contributed by atoms with Gasteiger partial charge in [-0.2, -0.15) is 0 Å². The smallest absolute Gasteiger partial charge is 0.236 e. The highest BCUT2D eigenvalue weighted by Crippen LogP contribution is 2.26. The van der Waals surface area contributed by atoms with E-state index in [4.69, 9.17) is 9.15 Å². The maximum absolute atomic E-state index is 5.91. The Bertz CT molecular complexity index is 945. The molecule has 0 amide bonds. The Morgan fingerprint density at radius 3 is 2.91 bits per heavy atom. The molecule has 3 heterocycles. The van der Waals surface area contributed by atoms with Gasteiger partial charge in [0.05, 0.1) is 4.88 Å². The van der Waals surface area contributed by atoms with Crippen LogP contribution in [0.1, 0.15) is 11.4 Å². The monoisotopic (exact) mass is 322 g/mol. The molecule has 0 aliphatic heterocycles. The lowest BCUT2D eigenvalue weighted by atomic mass is 10.2. The minimum atomic E-state index is 0.351. The first-order valence-electron chi connectivity index (χ1n) is 7.27. The van der Waals surface area contributed by atoms with E-state index in [1.807, 2.05) is 48.7 Å². The fourth-order valence-electron chi connectivity index (χ4n) is 2.37. The summed E-state index contributed by atoms with van der Waals surface area (Å²) >= 11 is 1.60. The van der Waals surface area contributed by atoms with Gasteiger partial charge < -0.3 is 9.15 Å². The number of thiophene rings is 1. The van der Waals surface area contributed by atoms with Crippen LogP contribution >= 0.6 is 11.3 Å². The second-order valence-corrected chi connectivity index (χ2v) is 6.14. The molecule has 0 aliphatic rings. The molecule has 0 aliphatic carbocycles. The van der Waals surface area contributed by atoms with E-state index < -0.39 is 0 Å². The van der Waals surface area contributed by atoms with Crippen molar-refractivity contribution >= 4 is 22.2 Å². The Kier molecular flexibility index (Phi) is 3.55. The van der Waals surface area contributed by atoms with Crippen molar-refractivity contribution < 1.29 is 9.15 Å². The second kappa shape index (κ2) is 5.85. The van der Waals surface area contributed by atoms with Crippen molar-refractivity contribution in [2.75, 3.05) is 0 Å². The van der Waals surface area contributed by atoms with Gasteiger partial charge in [0, 0.05) is 11.1 Å². The molecule has 1 aromatic carbocycles. The summed E-state index contributed by atoms with van der Waals surface area (Å²) in [7, 11) is 0. The van der Waals surface area contributed by atoms with Crippen molar-refractivity contribution in [2.24, 2.45) is 0 Å². The Morgan fingerprint density at radius 1 is 1.09 bits per heavy atom.